The van der Waals surface area contributed by atoms with Crippen molar-refractivity contribution in [2.45, 2.75) is 59.8 Å². The first-order chi connectivity index (χ1) is 9.53. The van der Waals surface area contributed by atoms with Gasteiger partial charge in [0.2, 0.25) is 5.91 Å². The van der Waals surface area contributed by atoms with Crippen LogP contribution in [0, 0.1) is 5.41 Å². The van der Waals surface area contributed by atoms with Crippen molar-refractivity contribution in [2.24, 2.45) is 5.41 Å². The standard InChI is InChI=1S/C18H29NO/c1-5-7-8-12-15-19(16-13-10-9-11-14-16)17(20)18(3,4)6-2/h9-11,13-14H,5-8,12,15H2,1-4H3. The van der Waals surface area contributed by atoms with E-state index in [4.69, 9.17) is 0 Å². The molecule has 0 aromatic heterocycles. The lowest BCUT2D eigenvalue weighted by atomic mass is 9.88. The number of unbranched alkanes of at least 4 members (excludes halogenated alkanes) is 3. The van der Waals surface area contributed by atoms with Crippen molar-refractivity contribution in [1.29, 1.82) is 0 Å². The second-order valence-electron chi connectivity index (χ2n) is 6.09. The van der Waals surface area contributed by atoms with Crippen LogP contribution in [0.1, 0.15) is 59.8 Å². The van der Waals surface area contributed by atoms with Crippen molar-refractivity contribution in [3.05, 3.63) is 30.3 Å². The molecule has 1 aromatic rings. The fourth-order valence-corrected chi connectivity index (χ4v) is 2.17. The highest BCUT2D eigenvalue weighted by molar-refractivity contribution is 5.97. The third kappa shape index (κ3) is 4.66. The van der Waals surface area contributed by atoms with E-state index in [0.717, 1.165) is 25.1 Å². The molecule has 0 unspecified atom stereocenters. The van der Waals surface area contributed by atoms with Crippen LogP contribution < -0.4 is 4.90 Å². The molecule has 2 nitrogen and oxygen atoms in total. The molecular weight excluding hydrogens is 246 g/mol. The van der Waals surface area contributed by atoms with Gasteiger partial charge in [-0.25, -0.2) is 0 Å². The number of benzene rings is 1. The quantitative estimate of drug-likeness (QED) is 0.609. The number of hydrogen-bond donors (Lipinski definition) is 0. The molecule has 112 valence electrons. The van der Waals surface area contributed by atoms with Crippen LogP contribution >= 0.6 is 0 Å². The molecule has 1 aromatic carbocycles. The monoisotopic (exact) mass is 275 g/mol. The van der Waals surface area contributed by atoms with Crippen molar-refractivity contribution in [2.75, 3.05) is 11.4 Å². The predicted molar refractivity (Wildman–Crippen MR) is 87.0 cm³/mol. The zero-order valence-corrected chi connectivity index (χ0v) is 13.5. The Morgan fingerprint density at radius 3 is 2.25 bits per heavy atom. The smallest absolute Gasteiger partial charge is 0.232 e. The molecule has 0 aliphatic carbocycles. The van der Waals surface area contributed by atoms with Gasteiger partial charge in [0.1, 0.15) is 0 Å². The Morgan fingerprint density at radius 1 is 1.05 bits per heavy atom. The van der Waals surface area contributed by atoms with Gasteiger partial charge in [-0.05, 0) is 25.0 Å². The van der Waals surface area contributed by atoms with E-state index in [2.05, 4.69) is 13.8 Å². The second-order valence-corrected chi connectivity index (χ2v) is 6.09. The van der Waals surface area contributed by atoms with Crippen LogP contribution in [0.2, 0.25) is 0 Å². The first-order valence-corrected chi connectivity index (χ1v) is 7.90. The minimum atomic E-state index is -0.291. The number of nitrogens with zero attached hydrogens (tertiary/aromatic N) is 1. The lowest BCUT2D eigenvalue weighted by Crippen LogP contribution is -2.41. The molecule has 0 N–H and O–H groups in total. The van der Waals surface area contributed by atoms with E-state index >= 15 is 0 Å². The Bertz CT molecular complexity index is 397. The zero-order valence-electron chi connectivity index (χ0n) is 13.5. The second kappa shape index (κ2) is 8.08. The topological polar surface area (TPSA) is 20.3 Å². The lowest BCUT2D eigenvalue weighted by molar-refractivity contribution is -0.126. The molecule has 0 heterocycles. The van der Waals surface area contributed by atoms with E-state index in [1.54, 1.807) is 0 Å². The molecule has 20 heavy (non-hydrogen) atoms. The van der Waals surface area contributed by atoms with Gasteiger partial charge in [-0.2, -0.15) is 0 Å². The number of hydrogen-bond acceptors (Lipinski definition) is 1. The predicted octanol–water partition coefficient (Wildman–Crippen LogP) is 5.04. The highest BCUT2D eigenvalue weighted by Crippen LogP contribution is 2.27. The van der Waals surface area contributed by atoms with Gasteiger partial charge < -0.3 is 4.90 Å². The van der Waals surface area contributed by atoms with Gasteiger partial charge in [0.05, 0.1) is 0 Å². The van der Waals surface area contributed by atoms with Crippen LogP contribution in [0.4, 0.5) is 5.69 Å². The average Bonchev–Trinajstić information content (AvgIpc) is 2.47. The third-order valence-corrected chi connectivity index (χ3v) is 4.01. The van der Waals surface area contributed by atoms with Gasteiger partial charge in [-0.15, -0.1) is 0 Å². The fourth-order valence-electron chi connectivity index (χ4n) is 2.17. The van der Waals surface area contributed by atoms with Crippen LogP contribution in [0.25, 0.3) is 0 Å². The minimum Gasteiger partial charge on any atom is -0.312 e. The number of anilines is 1. The maximum absolute atomic E-state index is 12.8. The molecular formula is C18H29NO. The molecule has 2 heteroatoms. The molecule has 0 fully saturated rings. The van der Waals surface area contributed by atoms with Crippen molar-refractivity contribution >= 4 is 11.6 Å². The molecule has 0 aliphatic heterocycles. The first-order valence-electron chi connectivity index (χ1n) is 7.90. The van der Waals surface area contributed by atoms with Crippen LogP contribution in [-0.4, -0.2) is 12.5 Å². The normalized spacial score (nSPS) is 11.4. The van der Waals surface area contributed by atoms with Gasteiger partial charge in [-0.1, -0.05) is 65.2 Å². The van der Waals surface area contributed by atoms with Gasteiger partial charge in [-0.3, -0.25) is 4.79 Å². The van der Waals surface area contributed by atoms with Crippen LogP contribution in [0.15, 0.2) is 30.3 Å². The highest BCUT2D eigenvalue weighted by atomic mass is 16.2. The first kappa shape index (κ1) is 16.7. The number of carbonyl (C=O) groups excluding carboxylic acids is 1. The summed E-state index contributed by atoms with van der Waals surface area (Å²) in [5.74, 6) is 0.239. The van der Waals surface area contributed by atoms with Gasteiger partial charge in [0.25, 0.3) is 0 Å². The Morgan fingerprint density at radius 2 is 1.70 bits per heavy atom. The van der Waals surface area contributed by atoms with Gasteiger partial charge in [0.15, 0.2) is 0 Å². The van der Waals surface area contributed by atoms with Gasteiger partial charge >= 0.3 is 0 Å². The summed E-state index contributed by atoms with van der Waals surface area (Å²) in [6.45, 7) is 9.19. The highest BCUT2D eigenvalue weighted by Gasteiger charge is 2.30. The van der Waals surface area contributed by atoms with Crippen molar-refractivity contribution in [3.63, 3.8) is 0 Å². The van der Waals surface area contributed by atoms with E-state index in [9.17, 15) is 4.79 Å². The Hall–Kier alpha value is -1.31. The average molecular weight is 275 g/mol. The van der Waals surface area contributed by atoms with E-state index in [1.165, 1.54) is 19.3 Å². The van der Waals surface area contributed by atoms with Crippen LogP contribution in [0.5, 0.6) is 0 Å². The summed E-state index contributed by atoms with van der Waals surface area (Å²) < 4.78 is 0. The molecule has 0 radical (unpaired) electrons. The van der Waals surface area contributed by atoms with Gasteiger partial charge in [0, 0.05) is 17.6 Å². The van der Waals surface area contributed by atoms with E-state index in [1.807, 2.05) is 49.1 Å². The maximum Gasteiger partial charge on any atom is 0.232 e. The Kier molecular flexibility index (Phi) is 6.77. The summed E-state index contributed by atoms with van der Waals surface area (Å²) in [6.07, 6.45) is 5.60. The molecule has 0 spiro atoms. The Labute approximate surface area is 124 Å². The summed E-state index contributed by atoms with van der Waals surface area (Å²) in [6, 6.07) is 10.1. The van der Waals surface area contributed by atoms with Crippen molar-refractivity contribution < 1.29 is 4.79 Å². The van der Waals surface area contributed by atoms with Crippen LogP contribution in [-0.2, 0) is 4.79 Å². The SMILES string of the molecule is CCCCCCN(C(=O)C(C)(C)CC)c1ccccc1. The summed E-state index contributed by atoms with van der Waals surface area (Å²) in [5.41, 5.74) is 0.733. The van der Waals surface area contributed by atoms with E-state index in [0.29, 0.717) is 0 Å². The summed E-state index contributed by atoms with van der Waals surface area (Å²) in [5, 5.41) is 0. The molecule has 0 saturated heterocycles. The largest absolute Gasteiger partial charge is 0.312 e. The summed E-state index contributed by atoms with van der Waals surface area (Å²) in [7, 11) is 0. The minimum absolute atomic E-state index is 0.239. The Balaban J connectivity index is 2.82. The molecule has 1 rings (SSSR count). The molecule has 0 atom stereocenters. The molecule has 1 amide bonds. The molecule has 0 bridgehead atoms. The van der Waals surface area contributed by atoms with E-state index in [-0.39, 0.29) is 11.3 Å². The van der Waals surface area contributed by atoms with E-state index < -0.39 is 0 Å². The van der Waals surface area contributed by atoms with Crippen molar-refractivity contribution in [1.82, 2.24) is 0 Å². The third-order valence-electron chi connectivity index (χ3n) is 4.01. The summed E-state index contributed by atoms with van der Waals surface area (Å²) >= 11 is 0. The molecule has 0 saturated carbocycles. The van der Waals surface area contributed by atoms with Crippen molar-refractivity contribution in [3.8, 4) is 0 Å². The maximum atomic E-state index is 12.8. The number of para-hydroxylation sites is 1. The number of amides is 1. The number of carbonyl (C=O) groups is 1. The fraction of sp³-hybridized carbons (Fsp3) is 0.611. The number of rotatable bonds is 8. The summed E-state index contributed by atoms with van der Waals surface area (Å²) in [4.78, 5) is 14.8. The lowest BCUT2D eigenvalue weighted by Gasteiger charge is -2.31. The molecule has 0 aliphatic rings. The van der Waals surface area contributed by atoms with Crippen LogP contribution in [0.3, 0.4) is 0 Å². The zero-order chi connectivity index (χ0) is 15.0.